The van der Waals surface area contributed by atoms with Crippen LogP contribution in [0, 0.1) is 5.92 Å². The number of aryl methyl sites for hydroxylation is 1. The lowest BCUT2D eigenvalue weighted by molar-refractivity contribution is -0.143. The molecule has 2 amide bonds. The van der Waals surface area contributed by atoms with E-state index in [1.807, 2.05) is 24.3 Å². The molecule has 23 heavy (non-hydrogen) atoms. The Balaban J connectivity index is 1.86. The number of hydrogen-bond donors (Lipinski definition) is 2. The fraction of sp³-hybridized carbons (Fsp3) is 0.556. The van der Waals surface area contributed by atoms with Crippen molar-refractivity contribution in [1.82, 2.24) is 4.90 Å². The van der Waals surface area contributed by atoms with Gasteiger partial charge in [0.1, 0.15) is 0 Å². The Kier molecular flexibility index (Phi) is 6.44. The minimum Gasteiger partial charge on any atom is -0.481 e. The molecule has 0 aliphatic carbocycles. The van der Waals surface area contributed by atoms with E-state index in [4.69, 9.17) is 5.11 Å². The molecular formula is C18H26N2O3. The van der Waals surface area contributed by atoms with E-state index in [0.717, 1.165) is 18.5 Å². The lowest BCUT2D eigenvalue weighted by Crippen LogP contribution is -2.44. The number of nitrogens with one attached hydrogen (secondary N) is 1. The van der Waals surface area contributed by atoms with Gasteiger partial charge in [0.25, 0.3) is 0 Å². The average molecular weight is 318 g/mol. The number of carboxylic acids is 1. The Bertz CT molecular complexity index is 528. The van der Waals surface area contributed by atoms with Gasteiger partial charge >= 0.3 is 12.0 Å². The van der Waals surface area contributed by atoms with E-state index in [1.54, 1.807) is 4.90 Å². The third-order valence-electron chi connectivity index (χ3n) is 4.33. The minimum absolute atomic E-state index is 0.213. The van der Waals surface area contributed by atoms with Crippen molar-refractivity contribution in [2.75, 3.05) is 18.4 Å². The third-order valence-corrected chi connectivity index (χ3v) is 4.33. The normalized spacial score (nSPS) is 17.8. The van der Waals surface area contributed by atoms with E-state index in [-0.39, 0.29) is 12.6 Å². The van der Waals surface area contributed by atoms with Crippen molar-refractivity contribution in [3.8, 4) is 0 Å². The summed E-state index contributed by atoms with van der Waals surface area (Å²) < 4.78 is 0. The van der Waals surface area contributed by atoms with E-state index < -0.39 is 11.9 Å². The first kappa shape index (κ1) is 17.3. The summed E-state index contributed by atoms with van der Waals surface area (Å²) in [7, 11) is 0. The minimum atomic E-state index is -0.820. The molecule has 1 saturated heterocycles. The summed E-state index contributed by atoms with van der Waals surface area (Å²) in [5, 5.41) is 11.9. The van der Waals surface area contributed by atoms with Crippen LogP contribution in [0.5, 0.6) is 0 Å². The quantitative estimate of drug-likeness (QED) is 0.785. The van der Waals surface area contributed by atoms with Gasteiger partial charge in [-0.25, -0.2) is 4.79 Å². The zero-order valence-electron chi connectivity index (χ0n) is 13.8. The Morgan fingerprint density at radius 3 is 2.65 bits per heavy atom. The highest BCUT2D eigenvalue weighted by Gasteiger charge is 2.28. The lowest BCUT2D eigenvalue weighted by Gasteiger charge is -2.30. The molecule has 5 nitrogen and oxygen atoms in total. The van der Waals surface area contributed by atoms with Gasteiger partial charge in [-0.15, -0.1) is 0 Å². The van der Waals surface area contributed by atoms with Crippen molar-refractivity contribution in [1.29, 1.82) is 0 Å². The molecule has 1 heterocycles. The molecule has 1 unspecified atom stereocenters. The van der Waals surface area contributed by atoms with Crippen LogP contribution < -0.4 is 5.32 Å². The van der Waals surface area contributed by atoms with Gasteiger partial charge in [0, 0.05) is 18.8 Å². The van der Waals surface area contributed by atoms with Gasteiger partial charge in [-0.2, -0.15) is 0 Å². The molecule has 1 aromatic rings. The Labute approximate surface area is 137 Å². The number of nitrogens with zero attached hydrogens (tertiary/aromatic N) is 1. The van der Waals surface area contributed by atoms with Gasteiger partial charge in [0.2, 0.25) is 0 Å². The first-order valence-electron chi connectivity index (χ1n) is 8.48. The molecule has 2 rings (SSSR count). The highest BCUT2D eigenvalue weighted by Crippen LogP contribution is 2.18. The molecule has 1 aliphatic rings. The summed E-state index contributed by atoms with van der Waals surface area (Å²) in [5.74, 6) is -1.27. The number of aliphatic carboxylic acids is 1. The van der Waals surface area contributed by atoms with Gasteiger partial charge < -0.3 is 15.3 Å². The van der Waals surface area contributed by atoms with Crippen LogP contribution in [0.2, 0.25) is 0 Å². The third kappa shape index (κ3) is 5.27. The van der Waals surface area contributed by atoms with Crippen molar-refractivity contribution in [3.05, 3.63) is 29.8 Å². The SMILES string of the molecule is CCCCCc1ccc(NC(=O)N2CCCC(C(=O)O)C2)cc1. The highest BCUT2D eigenvalue weighted by molar-refractivity contribution is 5.89. The van der Waals surface area contributed by atoms with E-state index in [0.29, 0.717) is 13.0 Å². The van der Waals surface area contributed by atoms with E-state index in [1.165, 1.54) is 24.8 Å². The van der Waals surface area contributed by atoms with Crippen LogP contribution in [0.15, 0.2) is 24.3 Å². The molecule has 0 spiro atoms. The van der Waals surface area contributed by atoms with Crippen LogP contribution in [-0.4, -0.2) is 35.1 Å². The molecular weight excluding hydrogens is 292 g/mol. The van der Waals surface area contributed by atoms with Gasteiger partial charge in [-0.1, -0.05) is 31.9 Å². The van der Waals surface area contributed by atoms with Crippen LogP contribution in [0.25, 0.3) is 0 Å². The molecule has 2 N–H and O–H groups in total. The second kappa shape index (κ2) is 8.56. The predicted molar refractivity (Wildman–Crippen MR) is 90.6 cm³/mol. The van der Waals surface area contributed by atoms with Crippen molar-refractivity contribution >= 4 is 17.7 Å². The monoisotopic (exact) mass is 318 g/mol. The summed E-state index contributed by atoms with van der Waals surface area (Å²) in [6.07, 6.45) is 6.08. The summed E-state index contributed by atoms with van der Waals surface area (Å²) in [5.41, 5.74) is 2.03. The number of urea groups is 1. The maximum Gasteiger partial charge on any atom is 0.321 e. The number of carbonyl (C=O) groups excluding carboxylic acids is 1. The Hall–Kier alpha value is -2.04. The molecule has 0 radical (unpaired) electrons. The first-order valence-corrected chi connectivity index (χ1v) is 8.48. The first-order chi connectivity index (χ1) is 11.1. The fourth-order valence-electron chi connectivity index (χ4n) is 2.90. The summed E-state index contributed by atoms with van der Waals surface area (Å²) in [4.78, 5) is 24.9. The Morgan fingerprint density at radius 2 is 2.00 bits per heavy atom. The summed E-state index contributed by atoms with van der Waals surface area (Å²) in [6.45, 7) is 3.09. The second-order valence-corrected chi connectivity index (χ2v) is 6.21. The molecule has 0 saturated carbocycles. The van der Waals surface area contributed by atoms with E-state index >= 15 is 0 Å². The van der Waals surface area contributed by atoms with Crippen molar-refractivity contribution in [2.45, 2.75) is 45.4 Å². The summed E-state index contributed by atoms with van der Waals surface area (Å²) in [6, 6.07) is 7.70. The van der Waals surface area contributed by atoms with E-state index in [9.17, 15) is 9.59 Å². The number of anilines is 1. The zero-order valence-corrected chi connectivity index (χ0v) is 13.8. The van der Waals surface area contributed by atoms with Gasteiger partial charge in [-0.3, -0.25) is 4.79 Å². The number of piperidine rings is 1. The predicted octanol–water partition coefficient (Wildman–Crippen LogP) is 3.75. The number of amides is 2. The lowest BCUT2D eigenvalue weighted by atomic mass is 9.99. The van der Waals surface area contributed by atoms with Crippen LogP contribution in [0.3, 0.4) is 0 Å². The molecule has 1 fully saturated rings. The number of likely N-dealkylation sites (tertiary alicyclic amines) is 1. The topological polar surface area (TPSA) is 69.6 Å². The maximum absolute atomic E-state index is 12.3. The van der Waals surface area contributed by atoms with Gasteiger partial charge in [0.15, 0.2) is 0 Å². The highest BCUT2D eigenvalue weighted by atomic mass is 16.4. The number of carbonyl (C=O) groups is 2. The van der Waals surface area contributed by atoms with Crippen LogP contribution in [-0.2, 0) is 11.2 Å². The van der Waals surface area contributed by atoms with Crippen molar-refractivity contribution in [2.24, 2.45) is 5.92 Å². The average Bonchev–Trinajstić information content (AvgIpc) is 2.56. The second-order valence-electron chi connectivity index (χ2n) is 6.21. The van der Waals surface area contributed by atoms with E-state index in [2.05, 4.69) is 12.2 Å². The van der Waals surface area contributed by atoms with Gasteiger partial charge in [0.05, 0.1) is 5.92 Å². The standard InChI is InChI=1S/C18H26N2O3/c1-2-3-4-6-14-8-10-16(11-9-14)19-18(23)20-12-5-7-15(13-20)17(21)22/h8-11,15H,2-7,12-13H2,1H3,(H,19,23)(H,21,22). The Morgan fingerprint density at radius 1 is 1.26 bits per heavy atom. The smallest absolute Gasteiger partial charge is 0.321 e. The van der Waals surface area contributed by atoms with Gasteiger partial charge in [-0.05, 0) is 43.4 Å². The zero-order chi connectivity index (χ0) is 16.7. The largest absolute Gasteiger partial charge is 0.481 e. The number of unbranched alkanes of at least 4 members (excludes halogenated alkanes) is 2. The number of carboxylic acid groups (broad SMARTS) is 1. The number of hydrogen-bond acceptors (Lipinski definition) is 2. The maximum atomic E-state index is 12.3. The molecule has 0 aromatic heterocycles. The van der Waals surface area contributed by atoms with Crippen LogP contribution >= 0.6 is 0 Å². The summed E-state index contributed by atoms with van der Waals surface area (Å²) >= 11 is 0. The molecule has 1 aliphatic heterocycles. The molecule has 5 heteroatoms. The van der Waals surface area contributed by atoms with Crippen LogP contribution in [0.1, 0.15) is 44.6 Å². The number of benzene rings is 1. The van der Waals surface area contributed by atoms with Crippen molar-refractivity contribution in [3.63, 3.8) is 0 Å². The molecule has 1 atom stereocenters. The van der Waals surface area contributed by atoms with Crippen LogP contribution in [0.4, 0.5) is 10.5 Å². The molecule has 1 aromatic carbocycles. The van der Waals surface area contributed by atoms with Crippen molar-refractivity contribution < 1.29 is 14.7 Å². The fourth-order valence-corrected chi connectivity index (χ4v) is 2.90. The number of rotatable bonds is 6. The molecule has 126 valence electrons. The molecule has 0 bridgehead atoms.